The molecule has 6 rings (SSSR count). The van der Waals surface area contributed by atoms with Crippen LogP contribution in [0, 0.1) is 5.92 Å². The van der Waals surface area contributed by atoms with E-state index >= 15 is 0 Å². The molecular weight excluding hydrogens is 706 g/mol. The van der Waals surface area contributed by atoms with E-state index in [1.807, 2.05) is 12.1 Å². The number of carbonyl (C=O) groups is 3. The van der Waals surface area contributed by atoms with E-state index in [-0.39, 0.29) is 24.0 Å². The van der Waals surface area contributed by atoms with Gasteiger partial charge in [0.2, 0.25) is 0 Å². The van der Waals surface area contributed by atoms with Gasteiger partial charge in [0.15, 0.2) is 23.4 Å². The van der Waals surface area contributed by atoms with Crippen molar-refractivity contribution in [1.29, 1.82) is 0 Å². The van der Waals surface area contributed by atoms with Crippen molar-refractivity contribution in [2.75, 3.05) is 92.6 Å². The summed E-state index contributed by atoms with van der Waals surface area (Å²) in [6, 6.07) is 3.78. The number of methoxy groups -OCH3 is 1. The van der Waals surface area contributed by atoms with Gasteiger partial charge >= 0.3 is 6.09 Å². The molecule has 3 aliphatic carbocycles. The van der Waals surface area contributed by atoms with Crippen molar-refractivity contribution in [2.24, 2.45) is 5.92 Å². The van der Waals surface area contributed by atoms with E-state index in [4.69, 9.17) is 28.4 Å². The highest BCUT2D eigenvalue weighted by atomic mass is 16.6. The summed E-state index contributed by atoms with van der Waals surface area (Å²) in [7, 11) is 1.64. The second-order valence-corrected chi connectivity index (χ2v) is 16.0. The number of nitrogens with one attached hydrogen (secondary N) is 1. The second-order valence-electron chi connectivity index (χ2n) is 16.0. The summed E-state index contributed by atoms with van der Waals surface area (Å²) in [5, 5.41) is 15.9. The maximum atomic E-state index is 13.8. The number of piperidine rings is 1. The van der Waals surface area contributed by atoms with E-state index in [2.05, 4.69) is 17.1 Å². The molecule has 5 aliphatic rings. The topological polar surface area (TPSA) is 145 Å². The second kappa shape index (κ2) is 20.2. The number of benzene rings is 1. The van der Waals surface area contributed by atoms with E-state index in [1.165, 1.54) is 12.8 Å². The van der Waals surface area contributed by atoms with Gasteiger partial charge in [-0.25, -0.2) is 4.79 Å². The molecule has 1 aromatic carbocycles. The van der Waals surface area contributed by atoms with Gasteiger partial charge in [-0.15, -0.1) is 0 Å². The number of amides is 1. The molecule has 0 unspecified atom stereocenters. The van der Waals surface area contributed by atoms with Crippen molar-refractivity contribution in [1.82, 2.24) is 15.1 Å². The van der Waals surface area contributed by atoms with Crippen LogP contribution in [0.1, 0.15) is 95.1 Å². The molecule has 4 atom stereocenters. The molecule has 0 radical (unpaired) electrons. The van der Waals surface area contributed by atoms with Crippen LogP contribution in [0.3, 0.4) is 0 Å². The van der Waals surface area contributed by atoms with E-state index in [0.717, 1.165) is 56.6 Å². The molecule has 1 aromatic rings. The Morgan fingerprint density at radius 2 is 1.65 bits per heavy atom. The first kappa shape index (κ1) is 42.0. The predicted molar refractivity (Wildman–Crippen MR) is 206 cm³/mol. The molecule has 3 fully saturated rings. The molecule has 1 amide bonds. The van der Waals surface area contributed by atoms with Crippen LogP contribution in [-0.4, -0.2) is 143 Å². The minimum atomic E-state index is -1.07. The van der Waals surface area contributed by atoms with Gasteiger partial charge in [-0.1, -0.05) is 13.0 Å². The number of nitrogens with zero attached hydrogens (tertiary/aromatic N) is 2. The van der Waals surface area contributed by atoms with Gasteiger partial charge in [-0.2, -0.15) is 0 Å². The molecule has 2 N–H and O–H groups in total. The SMILES string of the molecule is CCNCCCN(CCCCC(=O)CCCCOCCOCCOCCOC)C(=O)Oc1ccc2c3c1O[C@H]1C(=O)CC[C@@]4(O)[C@@H](C2)N(CC2CC2)CC[C@]314. The van der Waals surface area contributed by atoms with Crippen molar-refractivity contribution in [3.63, 3.8) is 0 Å². The fraction of sp³-hybridized carbons (Fsp3) is 0.786. The lowest BCUT2D eigenvalue weighted by Crippen LogP contribution is -2.76. The van der Waals surface area contributed by atoms with E-state index < -0.39 is 23.2 Å². The summed E-state index contributed by atoms with van der Waals surface area (Å²) in [6.45, 7) is 10.3. The quantitative estimate of drug-likeness (QED) is 0.124. The maximum absolute atomic E-state index is 13.8. The zero-order chi connectivity index (χ0) is 38.7. The van der Waals surface area contributed by atoms with Gasteiger partial charge in [0.25, 0.3) is 0 Å². The van der Waals surface area contributed by atoms with Crippen LogP contribution in [0.2, 0.25) is 0 Å². The van der Waals surface area contributed by atoms with Gasteiger partial charge < -0.3 is 43.7 Å². The Labute approximate surface area is 327 Å². The van der Waals surface area contributed by atoms with E-state index in [9.17, 15) is 19.5 Å². The molecule has 2 aliphatic heterocycles. The first-order valence-electron chi connectivity index (χ1n) is 21.1. The van der Waals surface area contributed by atoms with Crippen molar-refractivity contribution in [3.8, 4) is 11.5 Å². The van der Waals surface area contributed by atoms with Crippen LogP contribution in [0.15, 0.2) is 12.1 Å². The molecule has 2 saturated carbocycles. The molecule has 55 heavy (non-hydrogen) atoms. The fourth-order valence-corrected chi connectivity index (χ4v) is 9.32. The van der Waals surface area contributed by atoms with Crippen LogP contribution in [0.5, 0.6) is 11.5 Å². The number of ether oxygens (including phenoxy) is 6. The molecule has 1 spiro atoms. The Bertz CT molecular complexity index is 1440. The molecule has 2 heterocycles. The van der Waals surface area contributed by atoms with Crippen LogP contribution in [0.4, 0.5) is 4.79 Å². The van der Waals surface area contributed by atoms with E-state index in [0.29, 0.717) is 122 Å². The number of hydrogen-bond donors (Lipinski definition) is 2. The highest BCUT2D eigenvalue weighted by molar-refractivity contribution is 5.90. The summed E-state index contributed by atoms with van der Waals surface area (Å²) in [5.74, 6) is 1.71. The Balaban J connectivity index is 0.976. The van der Waals surface area contributed by atoms with Crippen LogP contribution in [0.25, 0.3) is 0 Å². The zero-order valence-electron chi connectivity index (χ0n) is 33.3. The first-order chi connectivity index (χ1) is 26.8. The van der Waals surface area contributed by atoms with Crippen molar-refractivity contribution >= 4 is 17.7 Å². The lowest BCUT2D eigenvalue weighted by atomic mass is 9.49. The molecule has 13 nitrogen and oxygen atoms in total. The molecule has 1 saturated heterocycles. The van der Waals surface area contributed by atoms with Gasteiger partial charge in [0, 0.05) is 64.2 Å². The number of rotatable bonds is 27. The first-order valence-corrected chi connectivity index (χ1v) is 21.1. The number of hydrogen-bond acceptors (Lipinski definition) is 12. The van der Waals surface area contributed by atoms with E-state index in [1.54, 1.807) is 12.0 Å². The highest BCUT2D eigenvalue weighted by Gasteiger charge is 2.73. The lowest BCUT2D eigenvalue weighted by molar-refractivity contribution is -0.188. The molecule has 308 valence electrons. The summed E-state index contributed by atoms with van der Waals surface area (Å²) in [5.41, 5.74) is 0.0781. The van der Waals surface area contributed by atoms with Crippen LogP contribution >= 0.6 is 0 Å². The third-order valence-corrected chi connectivity index (χ3v) is 12.3. The lowest BCUT2D eigenvalue weighted by Gasteiger charge is -2.62. The molecular formula is C42H65N3O10. The zero-order valence-corrected chi connectivity index (χ0v) is 33.3. The Morgan fingerprint density at radius 1 is 0.945 bits per heavy atom. The minimum absolute atomic E-state index is 0.0193. The van der Waals surface area contributed by atoms with Crippen molar-refractivity contribution in [3.05, 3.63) is 23.3 Å². The predicted octanol–water partition coefficient (Wildman–Crippen LogP) is 4.23. The number of Topliss-reactive ketones (excluding diaryl/α,β-unsaturated/α-hetero) is 2. The highest BCUT2D eigenvalue weighted by Crippen LogP contribution is 2.65. The summed E-state index contributed by atoms with van der Waals surface area (Å²) in [6.07, 6.45) is 8.05. The minimum Gasteiger partial charge on any atom is -0.477 e. The Hall–Kier alpha value is -2.65. The average Bonchev–Trinajstić information content (AvgIpc) is 3.92. The summed E-state index contributed by atoms with van der Waals surface area (Å²) in [4.78, 5) is 44.1. The van der Waals surface area contributed by atoms with Gasteiger partial charge in [-0.05, 0) is 101 Å². The summed E-state index contributed by atoms with van der Waals surface area (Å²) < 4.78 is 34.0. The fourth-order valence-electron chi connectivity index (χ4n) is 9.32. The Morgan fingerprint density at radius 3 is 2.38 bits per heavy atom. The smallest absolute Gasteiger partial charge is 0.415 e. The molecule has 13 heteroatoms. The van der Waals surface area contributed by atoms with Crippen molar-refractivity contribution < 1.29 is 47.9 Å². The maximum Gasteiger partial charge on any atom is 0.415 e. The van der Waals surface area contributed by atoms with Gasteiger partial charge in [-0.3, -0.25) is 14.5 Å². The number of unbranched alkanes of at least 4 members (excludes halogenated alkanes) is 2. The van der Waals surface area contributed by atoms with Crippen LogP contribution in [-0.2, 0) is 40.4 Å². The number of aliphatic hydroxyl groups is 1. The van der Waals surface area contributed by atoms with Gasteiger partial charge in [0.05, 0.1) is 50.7 Å². The van der Waals surface area contributed by atoms with Crippen molar-refractivity contribution in [2.45, 2.75) is 114 Å². The Kier molecular flexibility index (Phi) is 15.4. The number of likely N-dealkylation sites (tertiary alicyclic amines) is 1. The largest absolute Gasteiger partial charge is 0.477 e. The number of carbonyl (C=O) groups excluding carboxylic acids is 3. The third kappa shape index (κ3) is 9.91. The standard InChI is InChI=1S/C42H65N3O10/c1-3-43-18-8-20-44(19-6-4-9-33(46)10-5-7-22-51-25-26-53-28-27-52-24-23-50-2)40(48)54-35-14-13-32-29-36-42(49)16-15-34(47)39-41(42,37(32)38(35)55-39)17-21-45(36)30-31-11-12-31/h13-14,31,36,39,43,49H,3-12,15-30H2,1-2H3/t36-,39+,41+,42-/m1/s1. The molecule has 0 aromatic heterocycles. The van der Waals surface area contributed by atoms with Gasteiger partial charge in [0.1, 0.15) is 5.78 Å². The molecule has 2 bridgehead atoms. The van der Waals surface area contributed by atoms with Crippen LogP contribution < -0.4 is 14.8 Å². The summed E-state index contributed by atoms with van der Waals surface area (Å²) >= 11 is 0. The average molecular weight is 772 g/mol. The monoisotopic (exact) mass is 771 g/mol. The third-order valence-electron chi connectivity index (χ3n) is 12.3. The number of ketones is 2. The normalized spacial score (nSPS) is 25.1.